The van der Waals surface area contributed by atoms with Gasteiger partial charge in [-0.2, -0.15) is 0 Å². The van der Waals surface area contributed by atoms with Crippen molar-refractivity contribution in [3.8, 4) is 0 Å². The van der Waals surface area contributed by atoms with Crippen molar-refractivity contribution in [2.45, 2.75) is 51.8 Å². The third-order valence-electron chi connectivity index (χ3n) is 2.48. The molecule has 0 aliphatic carbocycles. The molecule has 0 bridgehead atoms. The van der Waals surface area contributed by atoms with Gasteiger partial charge >= 0.3 is 0 Å². The van der Waals surface area contributed by atoms with E-state index in [0.717, 1.165) is 12.8 Å². The Bertz CT molecular complexity index is 259. The zero-order valence-electron chi connectivity index (χ0n) is 9.73. The molecule has 0 radical (unpaired) electrons. The van der Waals surface area contributed by atoms with E-state index < -0.39 is 0 Å². The van der Waals surface area contributed by atoms with Gasteiger partial charge in [-0.3, -0.25) is 0 Å². The van der Waals surface area contributed by atoms with E-state index in [4.69, 9.17) is 0 Å². The Labute approximate surface area is 96.3 Å². The van der Waals surface area contributed by atoms with Crippen LogP contribution >= 0.6 is 11.3 Å². The minimum atomic E-state index is -0.228. The second kappa shape index (κ2) is 6.26. The smallest absolute Gasteiger partial charge is 0.0526 e. The highest BCUT2D eigenvalue weighted by Crippen LogP contribution is 2.22. The van der Waals surface area contributed by atoms with Crippen molar-refractivity contribution >= 4 is 11.3 Å². The molecule has 3 unspecified atom stereocenters. The van der Waals surface area contributed by atoms with Gasteiger partial charge in [0.05, 0.1) is 6.10 Å². The van der Waals surface area contributed by atoms with E-state index in [-0.39, 0.29) is 6.10 Å². The lowest BCUT2D eigenvalue weighted by Crippen LogP contribution is -2.32. The fraction of sp³-hybridized carbons (Fsp3) is 0.667. The third-order valence-corrected chi connectivity index (χ3v) is 3.46. The maximum atomic E-state index is 9.30. The minimum absolute atomic E-state index is 0.228. The molecule has 1 rings (SSSR count). The molecule has 0 saturated carbocycles. The van der Waals surface area contributed by atoms with Gasteiger partial charge in [-0.1, -0.05) is 13.0 Å². The first-order chi connectivity index (χ1) is 7.13. The summed E-state index contributed by atoms with van der Waals surface area (Å²) in [6.45, 7) is 6.15. The van der Waals surface area contributed by atoms with E-state index in [1.165, 1.54) is 4.88 Å². The van der Waals surface area contributed by atoms with Gasteiger partial charge in [0.25, 0.3) is 0 Å². The zero-order chi connectivity index (χ0) is 11.3. The van der Waals surface area contributed by atoms with Crippen LogP contribution in [0.3, 0.4) is 0 Å². The first kappa shape index (κ1) is 12.7. The summed E-state index contributed by atoms with van der Waals surface area (Å²) in [5.74, 6) is 0. The van der Waals surface area contributed by atoms with Crippen molar-refractivity contribution in [2.75, 3.05) is 0 Å². The molecule has 0 fully saturated rings. The standard InChI is InChI=1S/C12H21NOS/c1-4-11(12-6-5-7-15-12)13-9(2)8-10(3)14/h5-7,9-11,13-14H,4,8H2,1-3H3. The molecule has 0 amide bonds. The highest BCUT2D eigenvalue weighted by Gasteiger charge is 2.14. The summed E-state index contributed by atoms with van der Waals surface area (Å²) in [6.07, 6.45) is 1.67. The Balaban J connectivity index is 2.47. The Morgan fingerprint density at radius 2 is 2.20 bits per heavy atom. The Hall–Kier alpha value is -0.380. The first-order valence-electron chi connectivity index (χ1n) is 5.61. The van der Waals surface area contributed by atoms with Crippen molar-refractivity contribution < 1.29 is 5.11 Å². The lowest BCUT2D eigenvalue weighted by atomic mass is 10.1. The monoisotopic (exact) mass is 227 g/mol. The molecule has 1 heterocycles. The highest BCUT2D eigenvalue weighted by atomic mass is 32.1. The van der Waals surface area contributed by atoms with E-state index in [9.17, 15) is 5.11 Å². The summed E-state index contributed by atoms with van der Waals surface area (Å²) in [5.41, 5.74) is 0. The molecule has 2 nitrogen and oxygen atoms in total. The number of hydrogen-bond donors (Lipinski definition) is 2. The lowest BCUT2D eigenvalue weighted by Gasteiger charge is -2.22. The van der Waals surface area contributed by atoms with Gasteiger partial charge in [-0.05, 0) is 38.1 Å². The van der Waals surface area contributed by atoms with E-state index >= 15 is 0 Å². The lowest BCUT2D eigenvalue weighted by molar-refractivity contribution is 0.167. The van der Waals surface area contributed by atoms with E-state index in [1.54, 1.807) is 11.3 Å². The van der Waals surface area contributed by atoms with Gasteiger partial charge in [-0.25, -0.2) is 0 Å². The van der Waals surface area contributed by atoms with Crippen LogP contribution in [0.2, 0.25) is 0 Å². The summed E-state index contributed by atoms with van der Waals surface area (Å²) < 4.78 is 0. The van der Waals surface area contributed by atoms with Crippen LogP contribution in [-0.4, -0.2) is 17.3 Å². The Kier molecular flexibility index (Phi) is 5.29. The minimum Gasteiger partial charge on any atom is -0.393 e. The zero-order valence-corrected chi connectivity index (χ0v) is 10.6. The molecule has 3 heteroatoms. The average Bonchev–Trinajstić information content (AvgIpc) is 2.65. The van der Waals surface area contributed by atoms with Crippen LogP contribution in [0.1, 0.15) is 44.5 Å². The predicted octanol–water partition coefficient (Wildman–Crippen LogP) is 2.95. The van der Waals surface area contributed by atoms with E-state index in [0.29, 0.717) is 12.1 Å². The number of nitrogens with one attached hydrogen (secondary N) is 1. The van der Waals surface area contributed by atoms with Crippen molar-refractivity contribution in [1.29, 1.82) is 0 Å². The number of hydrogen-bond acceptors (Lipinski definition) is 3. The summed E-state index contributed by atoms with van der Waals surface area (Å²) >= 11 is 1.79. The number of rotatable bonds is 6. The van der Waals surface area contributed by atoms with Gasteiger partial charge in [0, 0.05) is 17.0 Å². The van der Waals surface area contributed by atoms with Crippen LogP contribution in [-0.2, 0) is 0 Å². The fourth-order valence-electron chi connectivity index (χ4n) is 1.81. The fourth-order valence-corrected chi connectivity index (χ4v) is 2.68. The molecule has 0 saturated heterocycles. The van der Waals surface area contributed by atoms with E-state index in [2.05, 4.69) is 36.7 Å². The number of aliphatic hydroxyl groups is 1. The number of aliphatic hydroxyl groups excluding tert-OH is 1. The highest BCUT2D eigenvalue weighted by molar-refractivity contribution is 7.10. The quantitative estimate of drug-likeness (QED) is 0.783. The summed E-state index contributed by atoms with van der Waals surface area (Å²) in [5, 5.41) is 15.0. The van der Waals surface area contributed by atoms with E-state index in [1.807, 2.05) is 6.92 Å². The van der Waals surface area contributed by atoms with Gasteiger partial charge in [0.15, 0.2) is 0 Å². The van der Waals surface area contributed by atoms with Crippen LogP contribution in [0.15, 0.2) is 17.5 Å². The van der Waals surface area contributed by atoms with Gasteiger partial charge in [0.2, 0.25) is 0 Å². The van der Waals surface area contributed by atoms with Crippen molar-refractivity contribution in [1.82, 2.24) is 5.32 Å². The number of thiophene rings is 1. The second-order valence-corrected chi connectivity index (χ2v) is 5.11. The Morgan fingerprint density at radius 3 is 2.67 bits per heavy atom. The molecule has 1 aromatic rings. The van der Waals surface area contributed by atoms with Gasteiger partial charge in [0.1, 0.15) is 0 Å². The maximum absolute atomic E-state index is 9.30. The van der Waals surface area contributed by atoms with Crippen LogP contribution < -0.4 is 5.32 Å². The summed E-state index contributed by atoms with van der Waals surface area (Å²) in [7, 11) is 0. The van der Waals surface area contributed by atoms with Crippen molar-refractivity contribution in [3.63, 3.8) is 0 Å². The van der Waals surface area contributed by atoms with Crippen LogP contribution in [0.5, 0.6) is 0 Å². The van der Waals surface area contributed by atoms with Crippen molar-refractivity contribution in [2.24, 2.45) is 0 Å². The normalized spacial score (nSPS) is 17.3. The first-order valence-corrected chi connectivity index (χ1v) is 6.49. The maximum Gasteiger partial charge on any atom is 0.0526 e. The van der Waals surface area contributed by atoms with Crippen molar-refractivity contribution in [3.05, 3.63) is 22.4 Å². The molecule has 3 atom stereocenters. The molecule has 0 aromatic carbocycles. The molecule has 1 aromatic heterocycles. The molecule has 86 valence electrons. The molecule has 0 aliphatic rings. The van der Waals surface area contributed by atoms with Crippen LogP contribution in [0.4, 0.5) is 0 Å². The summed E-state index contributed by atoms with van der Waals surface area (Å²) in [4.78, 5) is 1.38. The molecule has 0 spiro atoms. The Morgan fingerprint density at radius 1 is 1.47 bits per heavy atom. The van der Waals surface area contributed by atoms with Gasteiger partial charge in [-0.15, -0.1) is 11.3 Å². The van der Waals surface area contributed by atoms with Gasteiger partial charge < -0.3 is 10.4 Å². The second-order valence-electron chi connectivity index (χ2n) is 4.13. The molecular weight excluding hydrogens is 206 g/mol. The molecule has 2 N–H and O–H groups in total. The third kappa shape index (κ3) is 4.33. The average molecular weight is 227 g/mol. The summed E-state index contributed by atoms with van der Waals surface area (Å²) in [6, 6.07) is 5.04. The van der Waals surface area contributed by atoms with Crippen LogP contribution in [0.25, 0.3) is 0 Å². The molecule has 0 aliphatic heterocycles. The predicted molar refractivity (Wildman–Crippen MR) is 66.2 cm³/mol. The molecule has 15 heavy (non-hydrogen) atoms. The topological polar surface area (TPSA) is 32.3 Å². The largest absolute Gasteiger partial charge is 0.393 e. The van der Waals surface area contributed by atoms with Crippen LogP contribution in [0, 0.1) is 0 Å². The SMILES string of the molecule is CCC(NC(C)CC(C)O)c1cccs1. The molecular formula is C12H21NOS.